The normalized spacial score (nSPS) is 17.1. The molecular formula is C16H23N5O2S2. The summed E-state index contributed by atoms with van der Waals surface area (Å²) in [5, 5.41) is 6.22. The molecule has 0 bridgehead atoms. The number of anilines is 2. The van der Waals surface area contributed by atoms with Gasteiger partial charge in [-0.2, -0.15) is 17.0 Å². The zero-order valence-electron chi connectivity index (χ0n) is 14.4. The van der Waals surface area contributed by atoms with Crippen LogP contribution in [-0.4, -0.2) is 67.2 Å². The van der Waals surface area contributed by atoms with Gasteiger partial charge >= 0.3 is 0 Å². The zero-order chi connectivity index (χ0) is 17.9. The van der Waals surface area contributed by atoms with E-state index in [1.165, 1.54) is 8.61 Å². The average Bonchev–Trinajstić information content (AvgIpc) is 3.03. The molecule has 0 saturated carbocycles. The van der Waals surface area contributed by atoms with Crippen LogP contribution < -0.4 is 5.32 Å². The molecular weight excluding hydrogens is 358 g/mol. The molecule has 0 radical (unpaired) electrons. The zero-order valence-corrected chi connectivity index (χ0v) is 16.1. The molecule has 1 fully saturated rings. The SMILES string of the molecule is CN(C)S(=O)(=O)N1CCN(Cc2csc(Nc3ccccc3)n2)CC1. The Morgan fingerprint density at radius 1 is 1.16 bits per heavy atom. The predicted molar refractivity (Wildman–Crippen MR) is 101 cm³/mol. The largest absolute Gasteiger partial charge is 0.332 e. The minimum atomic E-state index is -3.31. The Morgan fingerprint density at radius 2 is 1.84 bits per heavy atom. The van der Waals surface area contributed by atoms with E-state index in [-0.39, 0.29) is 0 Å². The standard InChI is InChI=1S/C16H23N5O2S2/c1-19(2)25(22,23)21-10-8-20(9-11-21)12-15-13-24-16(18-15)17-14-6-4-3-5-7-14/h3-7,13H,8-12H2,1-2H3,(H,17,18). The Hall–Kier alpha value is -1.52. The van der Waals surface area contributed by atoms with Crippen molar-refractivity contribution in [3.05, 3.63) is 41.4 Å². The van der Waals surface area contributed by atoms with Crippen LogP contribution in [0.3, 0.4) is 0 Å². The maximum Gasteiger partial charge on any atom is 0.281 e. The van der Waals surface area contributed by atoms with Crippen molar-refractivity contribution in [3.63, 3.8) is 0 Å². The van der Waals surface area contributed by atoms with Gasteiger partial charge in [0.1, 0.15) is 0 Å². The van der Waals surface area contributed by atoms with Crippen molar-refractivity contribution in [3.8, 4) is 0 Å². The fourth-order valence-corrected chi connectivity index (χ4v) is 4.47. The summed E-state index contributed by atoms with van der Waals surface area (Å²) in [4.78, 5) is 6.86. The maximum atomic E-state index is 12.1. The molecule has 7 nitrogen and oxygen atoms in total. The summed E-state index contributed by atoms with van der Waals surface area (Å²) in [6, 6.07) is 9.96. The molecule has 9 heteroatoms. The van der Waals surface area contributed by atoms with Gasteiger partial charge in [-0.25, -0.2) is 4.98 Å². The highest BCUT2D eigenvalue weighted by Crippen LogP contribution is 2.22. The third-order valence-electron chi connectivity index (χ3n) is 4.08. The molecule has 0 spiro atoms. The van der Waals surface area contributed by atoms with Gasteiger partial charge in [0.25, 0.3) is 10.2 Å². The topological polar surface area (TPSA) is 68.8 Å². The van der Waals surface area contributed by atoms with Crippen molar-refractivity contribution in [2.24, 2.45) is 0 Å². The molecule has 1 aromatic heterocycles. The first-order chi connectivity index (χ1) is 11.9. The Morgan fingerprint density at radius 3 is 2.48 bits per heavy atom. The van der Waals surface area contributed by atoms with E-state index in [0.29, 0.717) is 26.2 Å². The van der Waals surface area contributed by atoms with E-state index in [1.807, 2.05) is 35.7 Å². The number of aromatic nitrogens is 1. The van der Waals surface area contributed by atoms with Crippen LogP contribution in [0.1, 0.15) is 5.69 Å². The van der Waals surface area contributed by atoms with Crippen LogP contribution in [0.2, 0.25) is 0 Å². The molecule has 1 aliphatic heterocycles. The Kier molecular flexibility index (Phi) is 5.70. The molecule has 2 aromatic rings. The van der Waals surface area contributed by atoms with Crippen LogP contribution >= 0.6 is 11.3 Å². The van der Waals surface area contributed by atoms with Crippen LogP contribution in [0, 0.1) is 0 Å². The molecule has 2 heterocycles. The number of nitrogens with zero attached hydrogens (tertiary/aromatic N) is 4. The molecule has 1 aliphatic rings. The average molecular weight is 382 g/mol. The molecule has 1 saturated heterocycles. The summed E-state index contributed by atoms with van der Waals surface area (Å²) in [6.45, 7) is 3.19. The van der Waals surface area contributed by atoms with Crippen molar-refractivity contribution < 1.29 is 8.42 Å². The number of benzene rings is 1. The molecule has 1 aromatic carbocycles. The summed E-state index contributed by atoms with van der Waals surface area (Å²) < 4.78 is 27.1. The monoisotopic (exact) mass is 381 g/mol. The second-order valence-electron chi connectivity index (χ2n) is 6.10. The molecule has 0 aliphatic carbocycles. The second-order valence-corrected chi connectivity index (χ2v) is 9.10. The number of hydrogen-bond donors (Lipinski definition) is 1. The quantitative estimate of drug-likeness (QED) is 0.827. The maximum absolute atomic E-state index is 12.1. The van der Waals surface area contributed by atoms with Gasteiger partial charge in [-0.3, -0.25) is 4.90 Å². The Balaban J connectivity index is 1.53. The van der Waals surface area contributed by atoms with Gasteiger partial charge in [-0.15, -0.1) is 11.3 Å². The Labute approximate surface area is 153 Å². The number of nitrogens with one attached hydrogen (secondary N) is 1. The molecule has 3 rings (SSSR count). The summed E-state index contributed by atoms with van der Waals surface area (Å²) >= 11 is 1.58. The lowest BCUT2D eigenvalue weighted by Gasteiger charge is -2.34. The molecule has 0 atom stereocenters. The molecule has 25 heavy (non-hydrogen) atoms. The lowest BCUT2D eigenvalue weighted by Crippen LogP contribution is -2.51. The van der Waals surface area contributed by atoms with E-state index in [4.69, 9.17) is 0 Å². The molecule has 0 amide bonds. The summed E-state index contributed by atoms with van der Waals surface area (Å²) in [5.41, 5.74) is 2.03. The van der Waals surface area contributed by atoms with Gasteiger partial charge < -0.3 is 5.32 Å². The summed E-state index contributed by atoms with van der Waals surface area (Å²) in [5.74, 6) is 0. The number of piperazine rings is 1. The minimum absolute atomic E-state index is 0.514. The van der Waals surface area contributed by atoms with E-state index in [9.17, 15) is 8.42 Å². The Bertz CT molecular complexity index is 784. The predicted octanol–water partition coefficient (Wildman–Crippen LogP) is 1.81. The number of para-hydroxylation sites is 1. The fourth-order valence-electron chi connectivity index (χ4n) is 2.66. The summed E-state index contributed by atoms with van der Waals surface area (Å²) in [6.07, 6.45) is 0. The van der Waals surface area contributed by atoms with Crippen LogP contribution in [0.15, 0.2) is 35.7 Å². The van der Waals surface area contributed by atoms with Crippen molar-refractivity contribution in [2.75, 3.05) is 45.6 Å². The van der Waals surface area contributed by atoms with E-state index in [0.717, 1.165) is 23.1 Å². The highest BCUT2D eigenvalue weighted by Gasteiger charge is 2.28. The number of hydrogen-bond acceptors (Lipinski definition) is 6. The van der Waals surface area contributed by atoms with Crippen molar-refractivity contribution in [2.45, 2.75) is 6.54 Å². The van der Waals surface area contributed by atoms with E-state index in [1.54, 1.807) is 25.4 Å². The van der Waals surface area contributed by atoms with E-state index < -0.39 is 10.2 Å². The summed E-state index contributed by atoms with van der Waals surface area (Å²) in [7, 11) is -0.175. The van der Waals surface area contributed by atoms with Gasteiger partial charge in [0, 0.05) is 57.9 Å². The van der Waals surface area contributed by atoms with Gasteiger partial charge in [0.05, 0.1) is 5.69 Å². The van der Waals surface area contributed by atoms with Gasteiger partial charge in [0.15, 0.2) is 5.13 Å². The van der Waals surface area contributed by atoms with Crippen LogP contribution in [-0.2, 0) is 16.8 Å². The molecule has 1 N–H and O–H groups in total. The second kappa shape index (κ2) is 7.79. The fraction of sp³-hybridized carbons (Fsp3) is 0.438. The number of rotatable bonds is 6. The van der Waals surface area contributed by atoms with Crippen LogP contribution in [0.25, 0.3) is 0 Å². The molecule has 136 valence electrons. The van der Waals surface area contributed by atoms with Crippen molar-refractivity contribution in [1.82, 2.24) is 18.5 Å². The van der Waals surface area contributed by atoms with E-state index >= 15 is 0 Å². The lowest BCUT2D eigenvalue weighted by molar-refractivity contribution is 0.176. The first-order valence-electron chi connectivity index (χ1n) is 8.11. The lowest BCUT2D eigenvalue weighted by atomic mass is 10.3. The van der Waals surface area contributed by atoms with E-state index in [2.05, 4.69) is 15.2 Å². The molecule has 0 unspecified atom stereocenters. The van der Waals surface area contributed by atoms with Gasteiger partial charge in [-0.1, -0.05) is 18.2 Å². The first kappa shape index (κ1) is 18.3. The number of thiazole rings is 1. The van der Waals surface area contributed by atoms with Crippen LogP contribution in [0.5, 0.6) is 0 Å². The smallest absolute Gasteiger partial charge is 0.281 e. The van der Waals surface area contributed by atoms with Gasteiger partial charge in [0.2, 0.25) is 0 Å². The van der Waals surface area contributed by atoms with Crippen LogP contribution in [0.4, 0.5) is 10.8 Å². The minimum Gasteiger partial charge on any atom is -0.332 e. The van der Waals surface area contributed by atoms with Gasteiger partial charge in [-0.05, 0) is 12.1 Å². The highest BCUT2D eigenvalue weighted by atomic mass is 32.2. The first-order valence-corrected chi connectivity index (χ1v) is 10.4. The van der Waals surface area contributed by atoms with Crippen molar-refractivity contribution in [1.29, 1.82) is 0 Å². The third kappa shape index (κ3) is 4.56. The third-order valence-corrected chi connectivity index (χ3v) is 6.83. The van der Waals surface area contributed by atoms with Crippen molar-refractivity contribution >= 4 is 32.4 Å². The highest BCUT2D eigenvalue weighted by molar-refractivity contribution is 7.86.